The van der Waals surface area contributed by atoms with E-state index in [1.807, 2.05) is 48.5 Å². The maximum Gasteiger partial charge on any atom is 0.231 e. The van der Waals surface area contributed by atoms with E-state index in [2.05, 4.69) is 15.4 Å². The summed E-state index contributed by atoms with van der Waals surface area (Å²) in [6.45, 7) is 1.18. The Morgan fingerprint density at radius 1 is 0.914 bits per heavy atom. The maximum absolute atomic E-state index is 13.6. The number of fused-ring (bicyclic) bond motifs is 2. The highest BCUT2D eigenvalue weighted by Gasteiger charge is 2.19. The van der Waals surface area contributed by atoms with Crippen molar-refractivity contribution in [2.75, 3.05) is 17.8 Å². The van der Waals surface area contributed by atoms with Crippen LogP contribution in [-0.4, -0.2) is 26.5 Å². The molecule has 174 valence electrons. The summed E-state index contributed by atoms with van der Waals surface area (Å²) in [7, 11) is 0. The number of halogens is 1. The van der Waals surface area contributed by atoms with Gasteiger partial charge >= 0.3 is 0 Å². The summed E-state index contributed by atoms with van der Waals surface area (Å²) in [5.74, 6) is 1.95. The van der Waals surface area contributed by atoms with E-state index < -0.39 is 0 Å². The van der Waals surface area contributed by atoms with Gasteiger partial charge in [-0.2, -0.15) is 4.98 Å². The van der Waals surface area contributed by atoms with Crippen molar-refractivity contribution >= 4 is 22.8 Å². The highest BCUT2D eigenvalue weighted by atomic mass is 19.1. The van der Waals surface area contributed by atoms with Crippen LogP contribution in [0.15, 0.2) is 72.8 Å². The highest BCUT2D eigenvalue weighted by Crippen LogP contribution is 2.34. The van der Waals surface area contributed by atoms with Gasteiger partial charge in [-0.3, -0.25) is 0 Å². The zero-order valence-electron chi connectivity index (χ0n) is 18.6. The van der Waals surface area contributed by atoms with Gasteiger partial charge in [0.25, 0.3) is 0 Å². The van der Waals surface area contributed by atoms with Gasteiger partial charge in [0.2, 0.25) is 12.7 Å². The second-order valence-corrected chi connectivity index (χ2v) is 8.17. The van der Waals surface area contributed by atoms with Crippen LogP contribution in [0.5, 0.6) is 11.5 Å². The zero-order valence-corrected chi connectivity index (χ0v) is 18.6. The Balaban J connectivity index is 1.38. The zero-order chi connectivity index (χ0) is 23.8. The van der Waals surface area contributed by atoms with E-state index in [4.69, 9.17) is 20.2 Å². The van der Waals surface area contributed by atoms with Crippen molar-refractivity contribution in [2.45, 2.75) is 13.1 Å². The van der Waals surface area contributed by atoms with Crippen LogP contribution in [0.1, 0.15) is 11.1 Å². The van der Waals surface area contributed by atoms with Crippen LogP contribution < -0.4 is 20.5 Å². The molecule has 6 rings (SSSR count). The van der Waals surface area contributed by atoms with E-state index >= 15 is 0 Å². The summed E-state index contributed by atoms with van der Waals surface area (Å²) in [5, 5.41) is 8.55. The second kappa shape index (κ2) is 8.60. The number of nitrogens with zero attached hydrogens (tertiary/aromatic N) is 4. The van der Waals surface area contributed by atoms with Crippen LogP contribution in [-0.2, 0) is 13.1 Å². The minimum absolute atomic E-state index is 0.222. The third-order valence-electron chi connectivity index (χ3n) is 5.82. The number of ether oxygens (including phenoxy) is 2. The first-order chi connectivity index (χ1) is 17.1. The minimum atomic E-state index is -0.326. The molecule has 5 aromatic rings. The lowest BCUT2D eigenvalue weighted by Gasteiger charge is -2.09. The van der Waals surface area contributed by atoms with E-state index in [0.717, 1.165) is 22.4 Å². The Kier molecular flexibility index (Phi) is 5.14. The third-order valence-corrected chi connectivity index (χ3v) is 5.82. The molecule has 8 nitrogen and oxygen atoms in total. The smallest absolute Gasteiger partial charge is 0.231 e. The molecule has 1 aliphatic rings. The van der Waals surface area contributed by atoms with E-state index in [-0.39, 0.29) is 12.6 Å². The quantitative estimate of drug-likeness (QED) is 0.376. The summed E-state index contributed by atoms with van der Waals surface area (Å²) in [6.07, 6.45) is 0. The van der Waals surface area contributed by atoms with Gasteiger partial charge in [-0.15, -0.1) is 5.10 Å². The molecule has 0 aliphatic carbocycles. The van der Waals surface area contributed by atoms with Gasteiger partial charge in [0.05, 0.1) is 17.6 Å². The molecule has 0 fully saturated rings. The van der Waals surface area contributed by atoms with Crippen molar-refractivity contribution in [3.63, 3.8) is 0 Å². The SMILES string of the molecule is Nc1c2c(-c3ccc(F)cc3)nc(NCc3ccc4c(c3)OCO4)nc2nn1Cc1ccccc1. The van der Waals surface area contributed by atoms with Crippen molar-refractivity contribution in [1.29, 1.82) is 0 Å². The van der Waals surface area contributed by atoms with Crippen molar-refractivity contribution in [3.05, 3.63) is 89.7 Å². The average Bonchev–Trinajstić information content (AvgIpc) is 3.47. The van der Waals surface area contributed by atoms with Crippen LogP contribution in [0, 0.1) is 5.82 Å². The standard InChI is InChI=1S/C26H21FN6O2/c27-19-9-7-18(8-10-19)23-22-24(28)33(14-16-4-2-1-3-5-16)32-25(22)31-26(30-23)29-13-17-6-11-20-21(12-17)35-15-34-20/h1-12H,13-15,28H2,(H,29,31,32). The summed E-state index contributed by atoms with van der Waals surface area (Å²) in [5.41, 5.74) is 10.3. The molecule has 0 spiro atoms. The van der Waals surface area contributed by atoms with Crippen molar-refractivity contribution in [3.8, 4) is 22.8 Å². The molecule has 35 heavy (non-hydrogen) atoms. The average molecular weight is 468 g/mol. The van der Waals surface area contributed by atoms with Crippen LogP contribution >= 0.6 is 0 Å². The molecule has 0 atom stereocenters. The van der Waals surface area contributed by atoms with E-state index in [9.17, 15) is 4.39 Å². The molecule has 3 aromatic carbocycles. The monoisotopic (exact) mass is 468 g/mol. The molecule has 0 radical (unpaired) electrons. The highest BCUT2D eigenvalue weighted by molar-refractivity contribution is 5.98. The van der Waals surface area contributed by atoms with Gasteiger partial charge in [0.15, 0.2) is 17.1 Å². The maximum atomic E-state index is 13.6. The molecule has 3 heterocycles. The predicted molar refractivity (Wildman–Crippen MR) is 131 cm³/mol. The van der Waals surface area contributed by atoms with Crippen LogP contribution in [0.25, 0.3) is 22.3 Å². The van der Waals surface area contributed by atoms with E-state index in [0.29, 0.717) is 47.3 Å². The minimum Gasteiger partial charge on any atom is -0.454 e. The van der Waals surface area contributed by atoms with E-state index in [1.165, 1.54) is 12.1 Å². The number of rotatable bonds is 6. The number of nitrogen functional groups attached to an aromatic ring is 1. The van der Waals surface area contributed by atoms with Crippen molar-refractivity contribution in [2.24, 2.45) is 0 Å². The number of benzene rings is 3. The van der Waals surface area contributed by atoms with Crippen LogP contribution in [0.4, 0.5) is 16.2 Å². The van der Waals surface area contributed by atoms with Crippen molar-refractivity contribution in [1.82, 2.24) is 19.7 Å². The Morgan fingerprint density at radius 2 is 1.71 bits per heavy atom. The molecule has 1 aliphatic heterocycles. The van der Waals surface area contributed by atoms with Gasteiger partial charge in [-0.05, 0) is 47.5 Å². The second-order valence-electron chi connectivity index (χ2n) is 8.17. The van der Waals surface area contributed by atoms with Gasteiger partial charge in [0.1, 0.15) is 11.6 Å². The number of anilines is 2. The lowest BCUT2D eigenvalue weighted by molar-refractivity contribution is 0.174. The van der Waals surface area contributed by atoms with E-state index in [1.54, 1.807) is 16.8 Å². The Morgan fingerprint density at radius 3 is 2.54 bits per heavy atom. The molecule has 0 bridgehead atoms. The van der Waals surface area contributed by atoms with Gasteiger partial charge in [-0.25, -0.2) is 14.1 Å². The van der Waals surface area contributed by atoms with Crippen LogP contribution in [0.2, 0.25) is 0 Å². The molecule has 3 N–H and O–H groups in total. The van der Waals surface area contributed by atoms with Crippen LogP contribution in [0.3, 0.4) is 0 Å². The Bertz CT molecular complexity index is 1520. The topological polar surface area (TPSA) is 100 Å². The number of aromatic nitrogens is 4. The van der Waals surface area contributed by atoms with Gasteiger partial charge in [0, 0.05) is 12.1 Å². The first kappa shape index (κ1) is 20.9. The number of hydrogen-bond acceptors (Lipinski definition) is 7. The molecule has 0 amide bonds. The number of hydrogen-bond donors (Lipinski definition) is 2. The molecular weight excluding hydrogens is 447 g/mol. The number of nitrogens with two attached hydrogens (primary N) is 1. The summed E-state index contributed by atoms with van der Waals surface area (Å²) in [6, 6.07) is 21.8. The molecule has 0 saturated carbocycles. The summed E-state index contributed by atoms with van der Waals surface area (Å²) >= 11 is 0. The Labute approximate surface area is 200 Å². The normalized spacial score (nSPS) is 12.3. The summed E-state index contributed by atoms with van der Waals surface area (Å²) < 4.78 is 26.2. The largest absolute Gasteiger partial charge is 0.454 e. The van der Waals surface area contributed by atoms with Gasteiger partial charge in [-0.1, -0.05) is 36.4 Å². The molecule has 0 unspecified atom stereocenters. The molecule has 9 heteroatoms. The fourth-order valence-corrected chi connectivity index (χ4v) is 4.06. The molecule has 0 saturated heterocycles. The molecular formula is C26H21FN6O2. The first-order valence-corrected chi connectivity index (χ1v) is 11.1. The lowest BCUT2D eigenvalue weighted by atomic mass is 10.1. The van der Waals surface area contributed by atoms with Gasteiger partial charge < -0.3 is 20.5 Å². The fourth-order valence-electron chi connectivity index (χ4n) is 4.06. The van der Waals surface area contributed by atoms with Crippen molar-refractivity contribution < 1.29 is 13.9 Å². The summed E-state index contributed by atoms with van der Waals surface area (Å²) in [4.78, 5) is 9.36. The lowest BCUT2D eigenvalue weighted by Crippen LogP contribution is -2.05. The number of nitrogens with one attached hydrogen (secondary N) is 1. The predicted octanol–water partition coefficient (Wildman–Crippen LogP) is 4.60. The Hall–Kier alpha value is -4.66. The first-order valence-electron chi connectivity index (χ1n) is 11.1. The fraction of sp³-hybridized carbons (Fsp3) is 0.115. The molecule has 2 aromatic heterocycles. The third kappa shape index (κ3) is 4.08.